The molecule has 1 atom stereocenters. The molecule has 0 bridgehead atoms. The monoisotopic (exact) mass is 422 g/mol. The van der Waals surface area contributed by atoms with Gasteiger partial charge in [-0.05, 0) is 77.1 Å². The normalized spacial score (nSPS) is 25.8. The highest BCUT2D eigenvalue weighted by Crippen LogP contribution is 2.28. The Hall–Kier alpha value is -1.64. The van der Waals surface area contributed by atoms with E-state index in [2.05, 4.69) is 14.9 Å². The lowest BCUT2D eigenvalue weighted by Crippen LogP contribution is -2.46. The fourth-order valence-electron chi connectivity index (χ4n) is 3.89. The van der Waals surface area contributed by atoms with E-state index in [0.29, 0.717) is 25.7 Å². The molecule has 8 heteroatoms. The molecule has 1 aliphatic heterocycles. The van der Waals surface area contributed by atoms with Crippen molar-refractivity contribution in [3.8, 4) is 0 Å². The van der Waals surface area contributed by atoms with Crippen LogP contribution in [0.2, 0.25) is 0 Å². The molecule has 1 aromatic carbocycles. The van der Waals surface area contributed by atoms with E-state index in [1.54, 1.807) is 20.8 Å². The quantitative estimate of drug-likeness (QED) is 0.676. The summed E-state index contributed by atoms with van der Waals surface area (Å²) < 4.78 is 26.6. The van der Waals surface area contributed by atoms with E-state index >= 15 is 0 Å². The van der Waals surface area contributed by atoms with E-state index in [1.165, 1.54) is 0 Å². The first-order chi connectivity index (χ1) is 13.5. The van der Waals surface area contributed by atoms with Crippen molar-refractivity contribution in [1.29, 1.82) is 0 Å². The van der Waals surface area contributed by atoms with E-state index < -0.39 is 14.8 Å². The summed E-state index contributed by atoms with van der Waals surface area (Å²) >= 11 is 0. The molecule has 3 rings (SSSR count). The van der Waals surface area contributed by atoms with Gasteiger partial charge in [-0.3, -0.25) is 4.79 Å². The lowest BCUT2D eigenvalue weighted by atomic mass is 9.86. The number of hydrogen-bond donors (Lipinski definition) is 3. The molecule has 1 aromatic rings. The molecule has 0 spiro atoms. The number of sulfonamides is 1. The van der Waals surface area contributed by atoms with Crippen molar-refractivity contribution in [3.05, 3.63) is 24.3 Å². The number of amides is 1. The molecule has 7 nitrogen and oxygen atoms in total. The van der Waals surface area contributed by atoms with Gasteiger partial charge in [-0.15, -0.1) is 0 Å². The summed E-state index contributed by atoms with van der Waals surface area (Å²) in [6.45, 7) is 6.91. The SMILES string of the molecule is CC(C)(C)S(=O)(=O)N[C@H]1CC[C@H](C(=O)Nc2ccc(N3CCC(N)C3)cc2)CC1. The first kappa shape index (κ1) is 22.1. The number of nitrogens with two attached hydrogens (primary N) is 1. The summed E-state index contributed by atoms with van der Waals surface area (Å²) in [6, 6.07) is 8.05. The zero-order valence-electron chi connectivity index (χ0n) is 17.6. The lowest BCUT2D eigenvalue weighted by molar-refractivity contribution is -0.120. The predicted octanol–water partition coefficient (Wildman–Crippen LogP) is 2.44. The maximum Gasteiger partial charge on any atom is 0.227 e. The zero-order chi connectivity index (χ0) is 21.2. The minimum absolute atomic E-state index is 0.0121. The Labute approximate surface area is 174 Å². The zero-order valence-corrected chi connectivity index (χ0v) is 18.5. The second-order valence-corrected chi connectivity index (χ2v) is 11.8. The van der Waals surface area contributed by atoms with Crippen LogP contribution in [0.5, 0.6) is 0 Å². The van der Waals surface area contributed by atoms with Crippen molar-refractivity contribution in [1.82, 2.24) is 4.72 Å². The smallest absolute Gasteiger partial charge is 0.227 e. The molecule has 162 valence electrons. The molecule has 29 heavy (non-hydrogen) atoms. The molecule has 4 N–H and O–H groups in total. The van der Waals surface area contributed by atoms with Gasteiger partial charge in [-0.1, -0.05) is 0 Å². The van der Waals surface area contributed by atoms with Gasteiger partial charge < -0.3 is 16.0 Å². The molecule has 2 fully saturated rings. The summed E-state index contributed by atoms with van der Waals surface area (Å²) in [4.78, 5) is 14.9. The van der Waals surface area contributed by atoms with Crippen molar-refractivity contribution in [2.24, 2.45) is 11.7 Å². The average Bonchev–Trinajstić information content (AvgIpc) is 3.08. The van der Waals surface area contributed by atoms with Crippen LogP contribution >= 0.6 is 0 Å². The summed E-state index contributed by atoms with van der Waals surface area (Å²) in [7, 11) is -3.36. The molecular formula is C21H34N4O3S. The Morgan fingerprint density at radius 2 is 1.69 bits per heavy atom. The van der Waals surface area contributed by atoms with E-state index in [4.69, 9.17) is 5.73 Å². The van der Waals surface area contributed by atoms with Crippen LogP contribution in [0.4, 0.5) is 11.4 Å². The predicted molar refractivity (Wildman–Crippen MR) is 117 cm³/mol. The van der Waals surface area contributed by atoms with Crippen LogP contribution in [-0.4, -0.2) is 44.2 Å². The standard InChI is InChI=1S/C21H34N4O3S/c1-21(2,3)29(27,28)24-18-6-4-15(5-7-18)20(26)23-17-8-10-19(11-9-17)25-13-12-16(22)14-25/h8-11,15-16,18,24H,4-7,12-14,22H2,1-3H3,(H,23,26)/t15-,16?,18-. The third kappa shape index (κ3) is 5.49. The van der Waals surface area contributed by atoms with Gasteiger partial charge in [0.05, 0.1) is 4.75 Å². The number of carbonyl (C=O) groups excluding carboxylic acids is 1. The van der Waals surface area contributed by atoms with Crippen LogP contribution in [0.3, 0.4) is 0 Å². The number of nitrogens with one attached hydrogen (secondary N) is 2. The Morgan fingerprint density at radius 1 is 1.07 bits per heavy atom. The van der Waals surface area contributed by atoms with Crippen LogP contribution < -0.4 is 20.7 Å². The molecule has 0 radical (unpaired) electrons. The van der Waals surface area contributed by atoms with Crippen LogP contribution in [0.25, 0.3) is 0 Å². The molecule has 1 aliphatic carbocycles. The van der Waals surface area contributed by atoms with E-state index in [9.17, 15) is 13.2 Å². The summed E-state index contributed by atoms with van der Waals surface area (Å²) in [5.74, 6) is -0.0697. The summed E-state index contributed by atoms with van der Waals surface area (Å²) in [6.07, 6.45) is 3.75. The third-order valence-electron chi connectivity index (χ3n) is 5.95. The lowest BCUT2D eigenvalue weighted by Gasteiger charge is -2.30. The van der Waals surface area contributed by atoms with Crippen molar-refractivity contribution < 1.29 is 13.2 Å². The molecule has 1 saturated carbocycles. The Bertz CT molecular complexity index is 809. The number of nitrogens with zero attached hydrogens (tertiary/aromatic N) is 1. The second kappa shape index (κ2) is 8.62. The van der Waals surface area contributed by atoms with E-state index in [1.807, 2.05) is 24.3 Å². The van der Waals surface area contributed by atoms with Crippen molar-refractivity contribution in [3.63, 3.8) is 0 Å². The van der Waals surface area contributed by atoms with Gasteiger partial charge >= 0.3 is 0 Å². The van der Waals surface area contributed by atoms with Crippen molar-refractivity contribution in [2.75, 3.05) is 23.3 Å². The number of carbonyl (C=O) groups is 1. The Balaban J connectivity index is 1.48. The molecule has 1 amide bonds. The van der Waals surface area contributed by atoms with Gasteiger partial charge in [-0.2, -0.15) is 0 Å². The number of rotatable bonds is 5. The first-order valence-corrected chi connectivity index (χ1v) is 12.0. The fraction of sp³-hybridized carbons (Fsp3) is 0.667. The van der Waals surface area contributed by atoms with Crippen LogP contribution in [0, 0.1) is 5.92 Å². The molecule has 1 saturated heterocycles. The number of hydrogen-bond acceptors (Lipinski definition) is 5. The van der Waals surface area contributed by atoms with Crippen LogP contribution in [0.15, 0.2) is 24.3 Å². The molecule has 1 unspecified atom stereocenters. The summed E-state index contributed by atoms with van der Waals surface area (Å²) in [5, 5.41) is 3.00. The van der Waals surface area contributed by atoms with Gasteiger partial charge in [-0.25, -0.2) is 13.1 Å². The second-order valence-electron chi connectivity index (χ2n) is 9.31. The Kier molecular flexibility index (Phi) is 6.55. The van der Waals surface area contributed by atoms with Gasteiger partial charge in [0.2, 0.25) is 15.9 Å². The topological polar surface area (TPSA) is 105 Å². The molecule has 1 heterocycles. The van der Waals surface area contributed by atoms with Gasteiger partial charge in [0.1, 0.15) is 0 Å². The molecule has 2 aliphatic rings. The molecule has 0 aromatic heterocycles. The molecular weight excluding hydrogens is 388 g/mol. The van der Waals surface area contributed by atoms with Crippen LogP contribution in [0.1, 0.15) is 52.9 Å². The van der Waals surface area contributed by atoms with E-state index in [-0.39, 0.29) is 23.9 Å². The van der Waals surface area contributed by atoms with Crippen molar-refractivity contribution >= 4 is 27.3 Å². The average molecular weight is 423 g/mol. The number of anilines is 2. The Morgan fingerprint density at radius 3 is 2.21 bits per heavy atom. The summed E-state index contributed by atoms with van der Waals surface area (Å²) in [5.41, 5.74) is 7.89. The highest BCUT2D eigenvalue weighted by molar-refractivity contribution is 7.90. The minimum Gasteiger partial charge on any atom is -0.370 e. The van der Waals surface area contributed by atoms with Crippen LogP contribution in [-0.2, 0) is 14.8 Å². The first-order valence-electron chi connectivity index (χ1n) is 10.5. The van der Waals surface area contributed by atoms with Gasteiger partial charge in [0, 0.05) is 42.5 Å². The van der Waals surface area contributed by atoms with Crippen molar-refractivity contribution in [2.45, 2.75) is 69.7 Å². The largest absolute Gasteiger partial charge is 0.370 e. The highest BCUT2D eigenvalue weighted by Gasteiger charge is 2.34. The maximum absolute atomic E-state index is 12.6. The maximum atomic E-state index is 12.6. The highest BCUT2D eigenvalue weighted by atomic mass is 32.2. The number of benzene rings is 1. The fourth-order valence-corrected chi connectivity index (χ4v) is 4.92. The third-order valence-corrected chi connectivity index (χ3v) is 8.21. The van der Waals surface area contributed by atoms with E-state index in [0.717, 1.165) is 30.9 Å². The minimum atomic E-state index is -3.36. The van der Waals surface area contributed by atoms with Gasteiger partial charge in [0.25, 0.3) is 0 Å². The van der Waals surface area contributed by atoms with Gasteiger partial charge in [0.15, 0.2) is 0 Å².